The van der Waals surface area contributed by atoms with Gasteiger partial charge in [-0.05, 0) is 29.7 Å². The van der Waals surface area contributed by atoms with Gasteiger partial charge in [0.05, 0.1) is 12.7 Å². The lowest BCUT2D eigenvalue weighted by atomic mass is 10.0. The zero-order valence-corrected chi connectivity index (χ0v) is 10.3. The van der Waals surface area contributed by atoms with Gasteiger partial charge in [0.25, 0.3) is 0 Å². The highest BCUT2D eigenvalue weighted by Gasteiger charge is 2.35. The van der Waals surface area contributed by atoms with Crippen molar-refractivity contribution in [2.45, 2.75) is 19.5 Å². The van der Waals surface area contributed by atoms with Crippen LogP contribution in [0.5, 0.6) is 0 Å². The Morgan fingerprint density at radius 2 is 2.00 bits per heavy atom. The van der Waals surface area contributed by atoms with Crippen LogP contribution < -0.4 is 5.48 Å². The third-order valence-electron chi connectivity index (χ3n) is 2.32. The number of hydrogen-bond acceptors (Lipinski definition) is 3. The highest BCUT2D eigenvalue weighted by molar-refractivity contribution is 5.69. The van der Waals surface area contributed by atoms with E-state index in [2.05, 4.69) is 9.88 Å². The van der Waals surface area contributed by atoms with Crippen LogP contribution in [0.2, 0.25) is 0 Å². The molecule has 0 spiro atoms. The SMILES string of the molecule is CCc1cc(F)cc(/C(=C\NOOC)C(F)(F)F)c1. The minimum atomic E-state index is -4.65. The molecule has 0 amide bonds. The Bertz CT molecular complexity index is 458. The lowest BCUT2D eigenvalue weighted by molar-refractivity contribution is -0.306. The summed E-state index contributed by atoms with van der Waals surface area (Å²) < 4.78 is 51.9. The lowest BCUT2D eigenvalue weighted by Crippen LogP contribution is -2.16. The normalized spacial score (nSPS) is 12.6. The van der Waals surface area contributed by atoms with Crippen LogP contribution >= 0.6 is 0 Å². The van der Waals surface area contributed by atoms with Crippen LogP contribution in [0, 0.1) is 5.82 Å². The van der Waals surface area contributed by atoms with Gasteiger partial charge >= 0.3 is 6.18 Å². The molecular weight excluding hydrogens is 266 g/mol. The van der Waals surface area contributed by atoms with E-state index < -0.39 is 17.6 Å². The summed E-state index contributed by atoms with van der Waals surface area (Å²) in [4.78, 5) is 8.26. The standard InChI is InChI=1S/C12H13F4NO2/c1-3-8-4-9(6-10(13)5-8)11(12(14,15)16)7-17-19-18-2/h4-7,17H,3H2,1-2H3/b11-7+. The summed E-state index contributed by atoms with van der Waals surface area (Å²) in [5.74, 6) is -0.725. The second-order valence-corrected chi connectivity index (χ2v) is 3.63. The summed E-state index contributed by atoms with van der Waals surface area (Å²) in [5, 5.41) is 0. The first kappa shape index (κ1) is 15.5. The summed E-state index contributed by atoms with van der Waals surface area (Å²) in [6.07, 6.45) is -3.65. The van der Waals surface area contributed by atoms with Crippen molar-refractivity contribution in [3.05, 3.63) is 41.3 Å². The molecule has 1 aromatic carbocycles. The molecule has 0 heterocycles. The Balaban J connectivity index is 3.17. The summed E-state index contributed by atoms with van der Waals surface area (Å²) in [5.41, 5.74) is 1.00. The van der Waals surface area contributed by atoms with Gasteiger partial charge in [-0.25, -0.2) is 14.8 Å². The maximum Gasteiger partial charge on any atom is 0.418 e. The van der Waals surface area contributed by atoms with E-state index in [1.165, 1.54) is 12.1 Å². The van der Waals surface area contributed by atoms with Crippen LogP contribution in [0.25, 0.3) is 5.57 Å². The van der Waals surface area contributed by atoms with E-state index in [1.54, 1.807) is 6.92 Å². The Labute approximate surface area is 107 Å². The van der Waals surface area contributed by atoms with Gasteiger partial charge in [0.1, 0.15) is 5.82 Å². The first-order valence-corrected chi connectivity index (χ1v) is 5.41. The van der Waals surface area contributed by atoms with E-state index in [1.807, 2.05) is 5.48 Å². The summed E-state index contributed by atoms with van der Waals surface area (Å²) in [7, 11) is 1.13. The predicted octanol–water partition coefficient (Wildman–Crippen LogP) is 3.37. The molecular formula is C12H13F4NO2. The van der Waals surface area contributed by atoms with Gasteiger partial charge in [-0.2, -0.15) is 13.2 Å². The number of benzene rings is 1. The molecule has 106 valence electrons. The third kappa shape index (κ3) is 4.53. The number of aryl methyl sites for hydroxylation is 1. The number of hydrogen-bond donors (Lipinski definition) is 1. The van der Waals surface area contributed by atoms with Crippen molar-refractivity contribution < 1.29 is 27.4 Å². The molecule has 1 rings (SSSR count). The van der Waals surface area contributed by atoms with Crippen molar-refractivity contribution in [3.8, 4) is 0 Å². The van der Waals surface area contributed by atoms with E-state index in [9.17, 15) is 17.6 Å². The number of halogens is 4. The second-order valence-electron chi connectivity index (χ2n) is 3.63. The van der Waals surface area contributed by atoms with Gasteiger partial charge in [-0.3, -0.25) is 0 Å². The molecule has 0 aromatic heterocycles. The smallest absolute Gasteiger partial charge is 0.242 e. The van der Waals surface area contributed by atoms with Crippen LogP contribution in [0.15, 0.2) is 24.4 Å². The topological polar surface area (TPSA) is 30.5 Å². The molecule has 1 N–H and O–H groups in total. The molecule has 0 aliphatic rings. The molecule has 0 bridgehead atoms. The largest absolute Gasteiger partial charge is 0.418 e. The molecule has 0 aliphatic carbocycles. The van der Waals surface area contributed by atoms with Crippen LogP contribution in [0.3, 0.4) is 0 Å². The molecule has 1 aromatic rings. The summed E-state index contributed by atoms with van der Waals surface area (Å²) in [6, 6.07) is 3.28. The molecule has 0 saturated heterocycles. The predicted molar refractivity (Wildman–Crippen MR) is 61.0 cm³/mol. The van der Waals surface area contributed by atoms with Crippen molar-refractivity contribution in [1.29, 1.82) is 0 Å². The Morgan fingerprint density at radius 3 is 2.53 bits per heavy atom. The van der Waals surface area contributed by atoms with E-state index in [0.717, 1.165) is 13.2 Å². The van der Waals surface area contributed by atoms with E-state index >= 15 is 0 Å². The number of nitrogens with one attached hydrogen (secondary N) is 1. The summed E-state index contributed by atoms with van der Waals surface area (Å²) >= 11 is 0. The highest BCUT2D eigenvalue weighted by atomic mass is 19.4. The highest BCUT2D eigenvalue weighted by Crippen LogP contribution is 2.34. The minimum absolute atomic E-state index is 0.281. The molecule has 3 nitrogen and oxygen atoms in total. The van der Waals surface area contributed by atoms with Crippen molar-refractivity contribution >= 4 is 5.57 Å². The van der Waals surface area contributed by atoms with Gasteiger partial charge < -0.3 is 0 Å². The summed E-state index contributed by atoms with van der Waals surface area (Å²) in [6.45, 7) is 1.72. The number of allylic oxidation sites excluding steroid dienone is 1. The van der Waals surface area contributed by atoms with E-state index in [0.29, 0.717) is 18.2 Å². The molecule has 0 atom stereocenters. The molecule has 0 fully saturated rings. The zero-order chi connectivity index (χ0) is 14.5. The maximum atomic E-state index is 13.3. The van der Waals surface area contributed by atoms with Gasteiger partial charge in [0, 0.05) is 6.20 Å². The first-order chi connectivity index (χ1) is 8.88. The van der Waals surface area contributed by atoms with Crippen molar-refractivity contribution in [2.24, 2.45) is 0 Å². The van der Waals surface area contributed by atoms with Gasteiger partial charge in [0.2, 0.25) is 0 Å². The quantitative estimate of drug-likeness (QED) is 0.388. The average molecular weight is 279 g/mol. The molecule has 7 heteroatoms. The maximum absolute atomic E-state index is 13.3. The molecule has 19 heavy (non-hydrogen) atoms. The van der Waals surface area contributed by atoms with Crippen LogP contribution in [0.4, 0.5) is 17.6 Å². The fourth-order valence-corrected chi connectivity index (χ4v) is 1.47. The zero-order valence-electron chi connectivity index (χ0n) is 10.3. The number of rotatable bonds is 5. The Morgan fingerprint density at radius 1 is 1.32 bits per heavy atom. The van der Waals surface area contributed by atoms with Crippen molar-refractivity contribution in [2.75, 3.05) is 7.11 Å². The van der Waals surface area contributed by atoms with Crippen molar-refractivity contribution in [3.63, 3.8) is 0 Å². The molecule has 0 radical (unpaired) electrons. The molecule has 0 aliphatic heterocycles. The Kier molecular flexibility index (Phi) is 5.31. The first-order valence-electron chi connectivity index (χ1n) is 5.41. The molecule has 0 unspecified atom stereocenters. The van der Waals surface area contributed by atoms with Crippen LogP contribution in [0.1, 0.15) is 18.1 Å². The Hall–Kier alpha value is -1.60. The third-order valence-corrected chi connectivity index (χ3v) is 2.32. The van der Waals surface area contributed by atoms with Gasteiger partial charge in [-0.1, -0.05) is 13.0 Å². The number of hydroxylamine groups is 1. The fourth-order valence-electron chi connectivity index (χ4n) is 1.47. The van der Waals surface area contributed by atoms with Crippen LogP contribution in [-0.4, -0.2) is 13.3 Å². The molecule has 0 saturated carbocycles. The van der Waals surface area contributed by atoms with E-state index in [4.69, 9.17) is 0 Å². The number of alkyl halides is 3. The van der Waals surface area contributed by atoms with Gasteiger partial charge in [0.15, 0.2) is 0 Å². The van der Waals surface area contributed by atoms with E-state index in [-0.39, 0.29) is 5.56 Å². The second kappa shape index (κ2) is 6.53. The van der Waals surface area contributed by atoms with Gasteiger partial charge in [-0.15, -0.1) is 4.99 Å². The minimum Gasteiger partial charge on any atom is -0.242 e. The average Bonchev–Trinajstić information content (AvgIpc) is 2.32. The monoisotopic (exact) mass is 279 g/mol. The lowest BCUT2D eigenvalue weighted by Gasteiger charge is -2.13. The van der Waals surface area contributed by atoms with Crippen LogP contribution in [-0.2, 0) is 16.3 Å². The fraction of sp³-hybridized carbons (Fsp3) is 0.333. The van der Waals surface area contributed by atoms with Crippen molar-refractivity contribution in [1.82, 2.24) is 5.48 Å².